The van der Waals surface area contributed by atoms with Crippen LogP contribution in [0.25, 0.3) is 0 Å². The fourth-order valence-electron chi connectivity index (χ4n) is 0. The molecule has 0 amide bonds. The normalized spacial score (nSPS) is 0. The summed E-state index contributed by atoms with van der Waals surface area (Å²) in [7, 11) is 0. The van der Waals surface area contributed by atoms with Crippen molar-refractivity contribution in [3.63, 3.8) is 0 Å². The maximum absolute atomic E-state index is 0. The van der Waals surface area contributed by atoms with Gasteiger partial charge in [-0.3, -0.25) is 0 Å². The van der Waals surface area contributed by atoms with Crippen molar-refractivity contribution in [3.8, 4) is 0 Å². The van der Waals surface area contributed by atoms with E-state index in [-0.39, 0.29) is 85.0 Å². The van der Waals surface area contributed by atoms with Crippen LogP contribution in [0.2, 0.25) is 0 Å². The molecule has 0 saturated heterocycles. The second-order valence-corrected chi connectivity index (χ2v) is 0. The summed E-state index contributed by atoms with van der Waals surface area (Å²) in [6.45, 7) is 0. The monoisotopic (exact) mass is 224 g/mol. The molecule has 0 aliphatic rings. The van der Waals surface area contributed by atoms with Gasteiger partial charge in [-0.25, -0.2) is 0 Å². The average molecular weight is 226 g/mol. The molecule has 5 heteroatoms. The Bertz CT molecular complexity index is 17.7. The van der Waals surface area contributed by atoms with Crippen molar-refractivity contribution in [2.45, 2.75) is 0 Å². The summed E-state index contributed by atoms with van der Waals surface area (Å²) in [5, 5.41) is 0. The van der Waals surface area contributed by atoms with Crippen LogP contribution in [0.5, 0.6) is 0 Å². The van der Waals surface area contributed by atoms with Crippen LogP contribution >= 0.6 is 0 Å². The van der Waals surface area contributed by atoms with E-state index >= 15 is 0 Å². The Labute approximate surface area is 84.2 Å². The topological polar surface area (TPSA) is 28.5 Å². The van der Waals surface area contributed by atoms with Crippen LogP contribution in [0, 0.1) is 0 Å². The van der Waals surface area contributed by atoms with Crippen molar-refractivity contribution >= 4 is 23.1 Å². The largest absolute Gasteiger partial charge is 2.00 e. The fourth-order valence-corrected chi connectivity index (χ4v) is 0. The van der Waals surface area contributed by atoms with Crippen LogP contribution in [0.3, 0.4) is 0 Å². The third-order valence-electron chi connectivity index (χ3n) is 0. The quantitative estimate of drug-likeness (QED) is 0.508. The second-order valence-electron chi connectivity index (χ2n) is 0. The predicted molar refractivity (Wildman–Crippen MR) is 8.66 cm³/mol. The number of hydrogen-bond donors (Lipinski definition) is 0. The molecular weight excluding hydrogens is 224 g/mol. The first-order chi connectivity index (χ1) is 0. The molecule has 0 aliphatic heterocycles. The van der Waals surface area contributed by atoms with Crippen LogP contribution in [-0.4, -0.2) is 23.1 Å². The minimum atomic E-state index is 0. The summed E-state index contributed by atoms with van der Waals surface area (Å²) in [6, 6.07) is 0. The van der Waals surface area contributed by atoms with Crippen LogP contribution < -0.4 is 0 Å². The molecule has 30 valence electrons. The van der Waals surface area contributed by atoms with Crippen LogP contribution in [0.1, 0.15) is 2.85 Å². The van der Waals surface area contributed by atoms with E-state index in [0.29, 0.717) is 0 Å². The van der Waals surface area contributed by atoms with Gasteiger partial charge in [0.2, 0.25) is 0 Å². The van der Waals surface area contributed by atoms with Gasteiger partial charge in [0.1, 0.15) is 0 Å². The summed E-state index contributed by atoms with van der Waals surface area (Å²) in [6.07, 6.45) is 0. The molecule has 0 bridgehead atoms. The van der Waals surface area contributed by atoms with Gasteiger partial charge in [0.05, 0.1) is 0 Å². The van der Waals surface area contributed by atoms with Crippen molar-refractivity contribution in [3.05, 3.63) is 0 Å². The van der Waals surface area contributed by atoms with E-state index in [9.17, 15) is 0 Å². The second kappa shape index (κ2) is 32.5. The van der Waals surface area contributed by atoms with E-state index < -0.39 is 0 Å². The molecule has 0 fully saturated rings. The first-order valence-electron chi connectivity index (χ1n) is 0. The molecule has 0 aromatic carbocycles. The molecule has 0 saturated carbocycles. The number of hydrogen-bond acceptors (Lipinski definition) is 0. The van der Waals surface area contributed by atoms with Gasteiger partial charge in [-0.2, -0.15) is 0 Å². The van der Waals surface area contributed by atoms with Gasteiger partial charge < -0.3 is 8.33 Å². The molecule has 1 nitrogen and oxygen atoms in total. The summed E-state index contributed by atoms with van der Waals surface area (Å²) in [5.41, 5.74) is 0. The molecule has 0 aromatic heterocycles. The average Bonchev–Trinajstić information content (AvgIpc) is 0. The zero-order valence-corrected chi connectivity index (χ0v) is 9.01. The first-order valence-corrected chi connectivity index (χ1v) is 0. The Morgan fingerprint density at radius 2 is 1.20 bits per heavy atom. The molecule has 0 rings (SSSR count). The third kappa shape index (κ3) is 21.6. The van der Waals surface area contributed by atoms with Gasteiger partial charge in [-0.15, -0.1) is 0 Å². The zero-order chi connectivity index (χ0) is 0. The summed E-state index contributed by atoms with van der Waals surface area (Å²) in [4.78, 5) is 0. The smallest absolute Gasteiger partial charge is 2.00 e. The molecule has 0 atom stereocenters. The van der Waals surface area contributed by atoms with Gasteiger partial charge in [0, 0.05) is 36.5 Å². The Morgan fingerprint density at radius 1 is 1.20 bits per heavy atom. The van der Waals surface area contributed by atoms with Crippen molar-refractivity contribution in [1.29, 1.82) is 0 Å². The molecule has 0 heterocycles. The summed E-state index contributed by atoms with van der Waals surface area (Å²) in [5.74, 6) is 0. The Hall–Kier alpha value is 2.39. The SMILES string of the molecule is [Cu].[H-].[H-].[Mg+2].[Mn+2].[O-2].[Zn]. The van der Waals surface area contributed by atoms with E-state index in [1.54, 1.807) is 0 Å². The first kappa shape index (κ1) is 52.9. The maximum Gasteiger partial charge on any atom is 2.00 e. The zero-order valence-electron chi connectivity index (χ0n) is 4.50. The molecular formula is H2CuMgMnOZn. The molecule has 0 aromatic rings. The van der Waals surface area contributed by atoms with Gasteiger partial charge in [-0.1, -0.05) is 0 Å². The van der Waals surface area contributed by atoms with Crippen molar-refractivity contribution in [2.24, 2.45) is 0 Å². The van der Waals surface area contributed by atoms with E-state index in [1.165, 1.54) is 0 Å². The summed E-state index contributed by atoms with van der Waals surface area (Å²) < 4.78 is 0. The van der Waals surface area contributed by atoms with Gasteiger partial charge >= 0.3 is 40.1 Å². The van der Waals surface area contributed by atoms with E-state index in [4.69, 9.17) is 0 Å². The van der Waals surface area contributed by atoms with E-state index in [0.717, 1.165) is 0 Å². The minimum Gasteiger partial charge on any atom is -2.00 e. The Balaban J connectivity index is 0. The third-order valence-corrected chi connectivity index (χ3v) is 0. The predicted octanol–water partition coefficient (Wildman–Crippen LogP) is -0.282. The number of rotatable bonds is 0. The standard InChI is InChI=1S/Cu.Mg.Mn.O.Zn.2H/q;2*+2;-2;;2*-1. The molecule has 5 heavy (non-hydrogen) atoms. The van der Waals surface area contributed by atoms with Crippen molar-refractivity contribution in [1.82, 2.24) is 0 Å². The summed E-state index contributed by atoms with van der Waals surface area (Å²) >= 11 is 0. The molecule has 0 N–H and O–H groups in total. The van der Waals surface area contributed by atoms with Crippen LogP contribution in [0.4, 0.5) is 0 Å². The van der Waals surface area contributed by atoms with Gasteiger partial charge in [0.15, 0.2) is 0 Å². The Kier molecular flexibility index (Phi) is 344. The van der Waals surface area contributed by atoms with Crippen LogP contribution in [0.15, 0.2) is 0 Å². The van der Waals surface area contributed by atoms with Crippen molar-refractivity contribution < 1.29 is 61.9 Å². The van der Waals surface area contributed by atoms with Crippen molar-refractivity contribution in [2.75, 3.05) is 0 Å². The molecule has 0 unspecified atom stereocenters. The minimum absolute atomic E-state index is 0. The maximum atomic E-state index is 0. The Morgan fingerprint density at radius 3 is 1.20 bits per heavy atom. The van der Waals surface area contributed by atoms with Gasteiger partial charge in [-0.05, 0) is 0 Å². The van der Waals surface area contributed by atoms with E-state index in [2.05, 4.69) is 0 Å². The van der Waals surface area contributed by atoms with Crippen LogP contribution in [-0.2, 0) is 59.1 Å². The van der Waals surface area contributed by atoms with Gasteiger partial charge in [0.25, 0.3) is 0 Å². The fraction of sp³-hybridized carbons (Fsp3) is 0. The van der Waals surface area contributed by atoms with E-state index in [1.807, 2.05) is 0 Å². The molecule has 2 radical (unpaired) electrons. The molecule has 0 spiro atoms. The molecule has 0 aliphatic carbocycles.